The number of carbonyl (C=O) groups is 3. The molecule has 3 N–H and O–H groups in total. The highest BCUT2D eigenvalue weighted by Crippen LogP contribution is 2.16. The second-order valence-corrected chi connectivity index (χ2v) is 5.38. The van der Waals surface area contributed by atoms with Crippen molar-refractivity contribution in [2.75, 3.05) is 13.7 Å². The molecule has 0 aliphatic rings. The van der Waals surface area contributed by atoms with E-state index >= 15 is 0 Å². The molecular weight excluding hydrogens is 252 g/mol. The van der Waals surface area contributed by atoms with Crippen molar-refractivity contribution in [1.29, 1.82) is 0 Å². The SMILES string of the molecule is COC(=O)C[C@H](NC(=O)NCCC(C)(C)C)C(=O)O. The Bertz CT molecular complexity index is 336. The molecule has 7 heteroatoms. The minimum Gasteiger partial charge on any atom is -0.480 e. The molecule has 19 heavy (non-hydrogen) atoms. The van der Waals surface area contributed by atoms with Gasteiger partial charge < -0.3 is 20.5 Å². The number of hydrogen-bond donors (Lipinski definition) is 3. The van der Waals surface area contributed by atoms with Crippen LogP contribution in [0.3, 0.4) is 0 Å². The van der Waals surface area contributed by atoms with Crippen molar-refractivity contribution >= 4 is 18.0 Å². The first-order chi connectivity index (χ1) is 8.65. The van der Waals surface area contributed by atoms with Crippen molar-refractivity contribution in [3.8, 4) is 0 Å². The molecule has 0 fully saturated rings. The fourth-order valence-corrected chi connectivity index (χ4v) is 1.21. The topological polar surface area (TPSA) is 105 Å². The van der Waals surface area contributed by atoms with Crippen LogP contribution in [0.2, 0.25) is 0 Å². The van der Waals surface area contributed by atoms with E-state index in [4.69, 9.17) is 5.11 Å². The minimum absolute atomic E-state index is 0.0749. The van der Waals surface area contributed by atoms with E-state index in [1.807, 2.05) is 20.8 Å². The van der Waals surface area contributed by atoms with Crippen molar-refractivity contribution in [3.05, 3.63) is 0 Å². The van der Waals surface area contributed by atoms with Crippen LogP contribution in [-0.4, -0.2) is 42.8 Å². The Balaban J connectivity index is 4.18. The first kappa shape index (κ1) is 17.2. The maximum absolute atomic E-state index is 11.5. The molecule has 0 heterocycles. The van der Waals surface area contributed by atoms with E-state index in [0.29, 0.717) is 6.54 Å². The van der Waals surface area contributed by atoms with Gasteiger partial charge in [0, 0.05) is 6.54 Å². The summed E-state index contributed by atoms with van der Waals surface area (Å²) in [6, 6.07) is -1.90. The lowest BCUT2D eigenvalue weighted by Gasteiger charge is -2.19. The number of nitrogens with one attached hydrogen (secondary N) is 2. The minimum atomic E-state index is -1.29. The summed E-state index contributed by atoms with van der Waals surface area (Å²) in [5.41, 5.74) is 0.0749. The van der Waals surface area contributed by atoms with Crippen molar-refractivity contribution in [1.82, 2.24) is 10.6 Å². The van der Waals surface area contributed by atoms with Crippen molar-refractivity contribution in [2.45, 2.75) is 39.7 Å². The number of ether oxygens (including phenoxy) is 1. The molecule has 0 aromatic carbocycles. The summed E-state index contributed by atoms with van der Waals surface area (Å²) in [6.45, 7) is 6.53. The average molecular weight is 274 g/mol. The molecule has 0 unspecified atom stereocenters. The van der Waals surface area contributed by atoms with E-state index in [2.05, 4.69) is 15.4 Å². The second-order valence-electron chi connectivity index (χ2n) is 5.38. The fraction of sp³-hybridized carbons (Fsp3) is 0.750. The molecule has 0 aromatic heterocycles. The summed E-state index contributed by atoms with van der Waals surface area (Å²) in [6.07, 6.45) is 0.355. The third kappa shape index (κ3) is 8.87. The van der Waals surface area contributed by atoms with E-state index in [-0.39, 0.29) is 5.41 Å². The Morgan fingerprint density at radius 3 is 2.26 bits per heavy atom. The van der Waals surface area contributed by atoms with Gasteiger partial charge in [0.15, 0.2) is 0 Å². The quantitative estimate of drug-likeness (QED) is 0.619. The van der Waals surface area contributed by atoms with Crippen LogP contribution in [0.1, 0.15) is 33.6 Å². The lowest BCUT2D eigenvalue weighted by atomic mass is 9.92. The molecule has 0 rings (SSSR count). The molecule has 2 amide bonds. The van der Waals surface area contributed by atoms with E-state index in [1.165, 1.54) is 0 Å². The Labute approximate surface area is 112 Å². The van der Waals surface area contributed by atoms with Crippen LogP contribution in [0.25, 0.3) is 0 Å². The van der Waals surface area contributed by atoms with Crippen molar-refractivity contribution in [2.24, 2.45) is 5.41 Å². The molecule has 0 spiro atoms. The predicted octanol–water partition coefficient (Wildman–Crippen LogP) is 0.738. The van der Waals surface area contributed by atoms with Crippen molar-refractivity contribution in [3.63, 3.8) is 0 Å². The van der Waals surface area contributed by atoms with Gasteiger partial charge in [-0.1, -0.05) is 20.8 Å². The van der Waals surface area contributed by atoms with Crippen LogP contribution >= 0.6 is 0 Å². The highest BCUT2D eigenvalue weighted by molar-refractivity contribution is 5.86. The van der Waals surface area contributed by atoms with E-state index < -0.39 is 30.4 Å². The first-order valence-electron chi connectivity index (χ1n) is 5.99. The first-order valence-corrected chi connectivity index (χ1v) is 5.99. The number of carbonyl (C=O) groups excluding carboxylic acids is 2. The Morgan fingerprint density at radius 1 is 1.26 bits per heavy atom. The molecule has 110 valence electrons. The number of carboxylic acid groups (broad SMARTS) is 1. The smallest absolute Gasteiger partial charge is 0.326 e. The van der Waals surface area contributed by atoms with Gasteiger partial charge in [-0.3, -0.25) is 4.79 Å². The van der Waals surface area contributed by atoms with Gasteiger partial charge in [-0.15, -0.1) is 0 Å². The zero-order chi connectivity index (χ0) is 15.1. The molecule has 7 nitrogen and oxygen atoms in total. The van der Waals surface area contributed by atoms with Crippen LogP contribution in [0, 0.1) is 5.41 Å². The number of aliphatic carboxylic acids is 1. The number of methoxy groups -OCH3 is 1. The van der Waals surface area contributed by atoms with Gasteiger partial charge in [0.2, 0.25) is 0 Å². The van der Waals surface area contributed by atoms with Crippen molar-refractivity contribution < 1.29 is 24.2 Å². The largest absolute Gasteiger partial charge is 0.480 e. The number of carboxylic acids is 1. The van der Waals surface area contributed by atoms with Crippen LogP contribution in [0.5, 0.6) is 0 Å². The molecule has 0 saturated heterocycles. The van der Waals surface area contributed by atoms with E-state index in [0.717, 1.165) is 13.5 Å². The number of hydrogen-bond acceptors (Lipinski definition) is 4. The standard InChI is InChI=1S/C12H22N2O5/c1-12(2,3)5-6-13-11(18)14-8(10(16)17)7-9(15)19-4/h8H,5-7H2,1-4H3,(H,16,17)(H2,13,14,18)/t8-/m0/s1. The molecule has 0 bridgehead atoms. The molecule has 0 aliphatic carbocycles. The number of urea groups is 1. The summed E-state index contributed by atoms with van der Waals surface area (Å²) < 4.78 is 4.36. The zero-order valence-corrected chi connectivity index (χ0v) is 11.8. The normalized spacial score (nSPS) is 12.4. The summed E-state index contributed by atoms with van der Waals surface area (Å²) in [4.78, 5) is 33.3. The fourth-order valence-electron chi connectivity index (χ4n) is 1.21. The molecule has 0 aromatic rings. The van der Waals surface area contributed by atoms with Crippen LogP contribution < -0.4 is 10.6 Å². The maximum atomic E-state index is 11.5. The van der Waals surface area contributed by atoms with Crippen LogP contribution in [-0.2, 0) is 14.3 Å². The maximum Gasteiger partial charge on any atom is 0.326 e. The predicted molar refractivity (Wildman–Crippen MR) is 68.7 cm³/mol. The lowest BCUT2D eigenvalue weighted by molar-refractivity contribution is -0.147. The van der Waals surface area contributed by atoms with E-state index in [9.17, 15) is 14.4 Å². The third-order valence-electron chi connectivity index (χ3n) is 2.36. The Morgan fingerprint density at radius 2 is 1.84 bits per heavy atom. The van der Waals surface area contributed by atoms with E-state index in [1.54, 1.807) is 0 Å². The summed E-state index contributed by atoms with van der Waals surface area (Å²) >= 11 is 0. The zero-order valence-electron chi connectivity index (χ0n) is 11.8. The van der Waals surface area contributed by atoms with Gasteiger partial charge in [0.1, 0.15) is 6.04 Å². The molecule has 0 saturated carbocycles. The van der Waals surface area contributed by atoms with Gasteiger partial charge in [-0.05, 0) is 11.8 Å². The van der Waals surface area contributed by atoms with Gasteiger partial charge in [0.05, 0.1) is 13.5 Å². The molecule has 1 atom stereocenters. The third-order valence-corrected chi connectivity index (χ3v) is 2.36. The Hall–Kier alpha value is -1.79. The highest BCUT2D eigenvalue weighted by atomic mass is 16.5. The number of amides is 2. The summed E-state index contributed by atoms with van der Waals surface area (Å²) in [5, 5.41) is 13.6. The highest BCUT2D eigenvalue weighted by Gasteiger charge is 2.23. The monoisotopic (exact) mass is 274 g/mol. The summed E-state index contributed by atoms with van der Waals surface area (Å²) in [5.74, 6) is -1.97. The summed E-state index contributed by atoms with van der Waals surface area (Å²) in [7, 11) is 1.16. The van der Waals surface area contributed by atoms with Gasteiger partial charge in [-0.25, -0.2) is 9.59 Å². The van der Waals surface area contributed by atoms with Gasteiger partial charge >= 0.3 is 18.0 Å². The average Bonchev–Trinajstić information content (AvgIpc) is 2.25. The van der Waals surface area contributed by atoms with Crippen LogP contribution in [0.15, 0.2) is 0 Å². The Kier molecular flexibility index (Phi) is 6.89. The number of rotatable bonds is 6. The molecular formula is C12H22N2O5. The number of esters is 1. The second kappa shape index (κ2) is 7.60. The van der Waals surface area contributed by atoms with Crippen LogP contribution in [0.4, 0.5) is 4.79 Å². The molecule has 0 radical (unpaired) electrons. The lowest BCUT2D eigenvalue weighted by Crippen LogP contribution is -2.47. The molecule has 0 aliphatic heterocycles. The van der Waals surface area contributed by atoms with Gasteiger partial charge in [-0.2, -0.15) is 0 Å². The van der Waals surface area contributed by atoms with Gasteiger partial charge in [0.25, 0.3) is 0 Å².